The highest BCUT2D eigenvalue weighted by atomic mass is 16.1. The Morgan fingerprint density at radius 3 is 2.42 bits per heavy atom. The van der Waals surface area contributed by atoms with E-state index in [0.717, 1.165) is 16.9 Å². The largest absolute Gasteiger partial charge is 0.387 e. The van der Waals surface area contributed by atoms with Gasteiger partial charge in [0.2, 0.25) is 0 Å². The maximum atomic E-state index is 12.3. The van der Waals surface area contributed by atoms with Crippen molar-refractivity contribution in [2.24, 2.45) is 0 Å². The van der Waals surface area contributed by atoms with Crippen LogP contribution in [0.2, 0.25) is 0 Å². The summed E-state index contributed by atoms with van der Waals surface area (Å²) in [6.45, 7) is 4.03. The Labute approximate surface area is 113 Å². The Morgan fingerprint density at radius 1 is 1.00 bits per heavy atom. The molecule has 2 N–H and O–H groups in total. The zero-order valence-electron chi connectivity index (χ0n) is 11.4. The Balaban J connectivity index is 2.26. The van der Waals surface area contributed by atoms with Crippen LogP contribution in [-0.2, 0) is 0 Å². The summed E-state index contributed by atoms with van der Waals surface area (Å²) in [5.74, 6) is -0.100. The second-order valence-corrected chi connectivity index (χ2v) is 4.57. The molecule has 3 heteroatoms. The Hall–Kier alpha value is -2.29. The van der Waals surface area contributed by atoms with E-state index in [1.807, 2.05) is 57.3 Å². The van der Waals surface area contributed by atoms with Crippen LogP contribution in [0.5, 0.6) is 0 Å². The van der Waals surface area contributed by atoms with E-state index in [1.165, 1.54) is 5.56 Å². The van der Waals surface area contributed by atoms with Gasteiger partial charge in [-0.2, -0.15) is 0 Å². The number of benzene rings is 2. The van der Waals surface area contributed by atoms with E-state index in [-0.39, 0.29) is 5.91 Å². The van der Waals surface area contributed by atoms with Gasteiger partial charge in [0, 0.05) is 18.4 Å². The predicted octanol–water partition coefficient (Wildman–Crippen LogP) is 3.60. The number of anilines is 2. The third-order valence-electron chi connectivity index (χ3n) is 3.07. The van der Waals surface area contributed by atoms with Crippen molar-refractivity contribution in [3.05, 3.63) is 59.2 Å². The summed E-state index contributed by atoms with van der Waals surface area (Å²) < 4.78 is 0. The van der Waals surface area contributed by atoms with Gasteiger partial charge >= 0.3 is 0 Å². The predicted molar refractivity (Wildman–Crippen MR) is 79.9 cm³/mol. The van der Waals surface area contributed by atoms with Gasteiger partial charge < -0.3 is 10.6 Å². The van der Waals surface area contributed by atoms with Gasteiger partial charge in [-0.15, -0.1) is 0 Å². The molecule has 19 heavy (non-hydrogen) atoms. The standard InChI is InChI=1S/C16H18N2O/c1-11-8-9-14(12(2)10-11)18-16(19)13-6-4-5-7-15(13)17-3/h4-10,17H,1-3H3,(H,18,19). The Morgan fingerprint density at radius 2 is 1.74 bits per heavy atom. The van der Waals surface area contributed by atoms with Crippen molar-refractivity contribution in [2.45, 2.75) is 13.8 Å². The lowest BCUT2D eigenvalue weighted by molar-refractivity contribution is 0.102. The van der Waals surface area contributed by atoms with Gasteiger partial charge in [0.05, 0.1) is 5.56 Å². The minimum Gasteiger partial charge on any atom is -0.387 e. The lowest BCUT2D eigenvalue weighted by Gasteiger charge is -2.11. The smallest absolute Gasteiger partial charge is 0.257 e. The molecule has 0 heterocycles. The SMILES string of the molecule is CNc1ccccc1C(=O)Nc1ccc(C)cc1C. The highest BCUT2D eigenvalue weighted by Gasteiger charge is 2.11. The van der Waals surface area contributed by atoms with Gasteiger partial charge in [-0.25, -0.2) is 0 Å². The quantitative estimate of drug-likeness (QED) is 0.878. The van der Waals surface area contributed by atoms with E-state index in [4.69, 9.17) is 0 Å². The molecule has 0 bridgehead atoms. The molecular formula is C16H18N2O. The van der Waals surface area contributed by atoms with E-state index in [9.17, 15) is 4.79 Å². The lowest BCUT2D eigenvalue weighted by Crippen LogP contribution is -2.14. The molecule has 0 aliphatic carbocycles. The number of hydrogen-bond donors (Lipinski definition) is 2. The summed E-state index contributed by atoms with van der Waals surface area (Å²) in [7, 11) is 1.81. The van der Waals surface area contributed by atoms with Crippen molar-refractivity contribution in [2.75, 3.05) is 17.7 Å². The number of aryl methyl sites for hydroxylation is 2. The molecule has 98 valence electrons. The normalized spacial score (nSPS) is 10.1. The van der Waals surface area contributed by atoms with E-state index in [0.29, 0.717) is 5.56 Å². The molecule has 2 rings (SSSR count). The van der Waals surface area contributed by atoms with Crippen molar-refractivity contribution in [3.8, 4) is 0 Å². The number of carbonyl (C=O) groups excluding carboxylic acids is 1. The molecule has 3 nitrogen and oxygen atoms in total. The van der Waals surface area contributed by atoms with Crippen LogP contribution >= 0.6 is 0 Å². The molecule has 0 unspecified atom stereocenters. The molecule has 0 atom stereocenters. The van der Waals surface area contributed by atoms with Crippen molar-refractivity contribution in [3.63, 3.8) is 0 Å². The van der Waals surface area contributed by atoms with Crippen LogP contribution in [0.15, 0.2) is 42.5 Å². The first-order valence-electron chi connectivity index (χ1n) is 6.27. The second-order valence-electron chi connectivity index (χ2n) is 4.57. The fourth-order valence-electron chi connectivity index (χ4n) is 2.04. The maximum Gasteiger partial charge on any atom is 0.257 e. The summed E-state index contributed by atoms with van der Waals surface area (Å²) in [6, 6.07) is 13.4. The van der Waals surface area contributed by atoms with E-state index in [2.05, 4.69) is 16.7 Å². The van der Waals surface area contributed by atoms with Gasteiger partial charge in [-0.05, 0) is 37.6 Å². The molecule has 0 spiro atoms. The fourth-order valence-corrected chi connectivity index (χ4v) is 2.04. The first-order valence-corrected chi connectivity index (χ1v) is 6.27. The molecule has 2 aromatic carbocycles. The minimum absolute atomic E-state index is 0.100. The second kappa shape index (κ2) is 5.57. The van der Waals surface area contributed by atoms with Crippen molar-refractivity contribution in [1.29, 1.82) is 0 Å². The number of rotatable bonds is 3. The van der Waals surface area contributed by atoms with Gasteiger partial charge in [0.15, 0.2) is 0 Å². The third-order valence-corrected chi connectivity index (χ3v) is 3.07. The average molecular weight is 254 g/mol. The molecule has 0 saturated heterocycles. The van der Waals surface area contributed by atoms with E-state index >= 15 is 0 Å². The van der Waals surface area contributed by atoms with Crippen LogP contribution < -0.4 is 10.6 Å². The first kappa shape index (κ1) is 13.1. The third kappa shape index (κ3) is 2.94. The van der Waals surface area contributed by atoms with Gasteiger partial charge in [-0.3, -0.25) is 4.79 Å². The maximum absolute atomic E-state index is 12.3. The summed E-state index contributed by atoms with van der Waals surface area (Å²) in [5.41, 5.74) is 4.57. The lowest BCUT2D eigenvalue weighted by atomic mass is 10.1. The van der Waals surface area contributed by atoms with Crippen LogP contribution in [0.3, 0.4) is 0 Å². The molecule has 0 aromatic heterocycles. The van der Waals surface area contributed by atoms with Gasteiger partial charge in [0.1, 0.15) is 0 Å². The summed E-state index contributed by atoms with van der Waals surface area (Å²) in [4.78, 5) is 12.3. The molecule has 0 saturated carbocycles. The minimum atomic E-state index is -0.100. The highest BCUT2D eigenvalue weighted by molar-refractivity contribution is 6.08. The fraction of sp³-hybridized carbons (Fsp3) is 0.188. The Bertz CT molecular complexity index is 605. The average Bonchev–Trinajstić information content (AvgIpc) is 2.41. The summed E-state index contributed by atoms with van der Waals surface area (Å²) >= 11 is 0. The van der Waals surface area contributed by atoms with Crippen LogP contribution in [-0.4, -0.2) is 13.0 Å². The number of hydrogen-bond acceptors (Lipinski definition) is 2. The molecule has 1 amide bonds. The monoisotopic (exact) mass is 254 g/mol. The molecule has 2 aromatic rings. The van der Waals surface area contributed by atoms with Crippen LogP contribution in [0, 0.1) is 13.8 Å². The zero-order valence-corrected chi connectivity index (χ0v) is 11.4. The van der Waals surface area contributed by atoms with Crippen LogP contribution in [0.1, 0.15) is 21.5 Å². The topological polar surface area (TPSA) is 41.1 Å². The van der Waals surface area contributed by atoms with Crippen LogP contribution in [0.25, 0.3) is 0 Å². The number of carbonyl (C=O) groups is 1. The number of para-hydroxylation sites is 1. The first-order chi connectivity index (χ1) is 9.11. The Kier molecular flexibility index (Phi) is 3.85. The number of nitrogens with one attached hydrogen (secondary N) is 2. The van der Waals surface area contributed by atoms with Crippen LogP contribution in [0.4, 0.5) is 11.4 Å². The molecule has 0 aliphatic heterocycles. The summed E-state index contributed by atoms with van der Waals surface area (Å²) in [6.07, 6.45) is 0. The molecule has 0 aliphatic rings. The molecular weight excluding hydrogens is 236 g/mol. The van der Waals surface area contributed by atoms with Gasteiger partial charge in [-0.1, -0.05) is 29.8 Å². The van der Waals surface area contributed by atoms with Crippen molar-refractivity contribution in [1.82, 2.24) is 0 Å². The summed E-state index contributed by atoms with van der Waals surface area (Å²) in [5, 5.41) is 5.97. The number of amides is 1. The van der Waals surface area contributed by atoms with E-state index < -0.39 is 0 Å². The van der Waals surface area contributed by atoms with E-state index in [1.54, 1.807) is 0 Å². The van der Waals surface area contributed by atoms with Crippen molar-refractivity contribution >= 4 is 17.3 Å². The highest BCUT2D eigenvalue weighted by Crippen LogP contribution is 2.20. The van der Waals surface area contributed by atoms with Gasteiger partial charge in [0.25, 0.3) is 5.91 Å². The molecule has 0 fully saturated rings. The molecule has 0 radical (unpaired) electrons. The van der Waals surface area contributed by atoms with Crippen molar-refractivity contribution < 1.29 is 4.79 Å². The zero-order chi connectivity index (χ0) is 13.8.